The molecule has 0 atom stereocenters. The van der Waals surface area contributed by atoms with Gasteiger partial charge in [0.1, 0.15) is 87.9 Å². The lowest BCUT2D eigenvalue weighted by atomic mass is 10.7. The second-order valence-corrected chi connectivity index (χ2v) is 29.4. The minimum absolute atomic E-state index is 0.669. The molecule has 0 N–H and O–H groups in total. The van der Waals surface area contributed by atoms with E-state index in [-0.39, 0.29) is 0 Å². The first kappa shape index (κ1) is 37.5. The molecule has 0 spiro atoms. The summed E-state index contributed by atoms with van der Waals surface area (Å²) in [5.74, 6) is -0.669. The molecule has 0 unspecified atom stereocenters. The first-order chi connectivity index (χ1) is 17.3. The average molecular weight is 718 g/mol. The van der Waals surface area contributed by atoms with Gasteiger partial charge < -0.3 is 41.8 Å². The molecule has 0 amide bonds. The van der Waals surface area contributed by atoms with Crippen LogP contribution in [0, 0.1) is 0 Å². The van der Waals surface area contributed by atoms with E-state index in [0.717, 1.165) is 6.08 Å². The van der Waals surface area contributed by atoms with Crippen LogP contribution in [0.15, 0.2) is 12.7 Å². The molecule has 0 fully saturated rings. The van der Waals surface area contributed by atoms with E-state index in [2.05, 4.69) is 6.58 Å². The van der Waals surface area contributed by atoms with Crippen LogP contribution in [0.5, 0.6) is 0 Å². The van der Waals surface area contributed by atoms with Gasteiger partial charge >= 0.3 is 36.9 Å². The summed E-state index contributed by atoms with van der Waals surface area (Å²) in [4.78, 5) is 13.3. The number of esters is 1. The maximum atomic E-state index is 13.3. The van der Waals surface area contributed by atoms with E-state index in [4.69, 9.17) is 41.8 Å². The molecule has 214 valence electrons. The lowest BCUT2D eigenvalue weighted by molar-refractivity contribution is -0.145. The molecule has 0 aromatic carbocycles. The largest absolute Gasteiger partial charge is 0.524 e. The van der Waals surface area contributed by atoms with E-state index in [1.165, 1.54) is 0 Å². The average Bonchev–Trinajstić information content (AvgIpc) is 2.83. The molecule has 0 heterocycles. The number of carbonyl (C=O) groups is 1. The van der Waals surface area contributed by atoms with Crippen LogP contribution in [0.2, 0.25) is 58.9 Å². The van der Waals surface area contributed by atoms with E-state index in [1.54, 1.807) is 0 Å². The fourth-order valence-corrected chi connectivity index (χ4v) is 51.6. The molecule has 23 heteroatoms. The van der Waals surface area contributed by atoms with Gasteiger partial charge in [-0.15, -0.1) is 0 Å². The number of hydrogen-bond donors (Lipinski definition) is 0. The molecule has 0 aliphatic heterocycles. The van der Waals surface area contributed by atoms with Gasteiger partial charge in [0.25, 0.3) is 0 Å². The van der Waals surface area contributed by atoms with Crippen molar-refractivity contribution < 1.29 is 46.6 Å². The Bertz CT molecular complexity index is 520. The Morgan fingerprint density at radius 3 is 0.861 bits per heavy atom. The molecule has 0 aliphatic carbocycles. The Kier molecular flexibility index (Phi) is 20.3. The van der Waals surface area contributed by atoms with Crippen LogP contribution < -0.4 is 0 Å². The van der Waals surface area contributed by atoms with Crippen LogP contribution in [0.25, 0.3) is 0 Å². The summed E-state index contributed by atoms with van der Waals surface area (Å²) < 4.78 is 65.0. The van der Waals surface area contributed by atoms with Crippen molar-refractivity contribution in [1.29, 1.82) is 0 Å². The maximum absolute atomic E-state index is 13.3. The third kappa shape index (κ3) is 8.24. The Morgan fingerprint density at radius 1 is 0.528 bits per heavy atom. The van der Waals surface area contributed by atoms with E-state index in [0.29, 0.717) is 0 Å². The lowest BCUT2D eigenvalue weighted by Gasteiger charge is -2.56. The molecule has 0 aliphatic rings. The minimum atomic E-state index is -3.95. The third-order valence-electron chi connectivity index (χ3n) is 4.72. The highest BCUT2D eigenvalue weighted by Gasteiger charge is 2.91. The van der Waals surface area contributed by atoms with Crippen LogP contribution in [0.3, 0.4) is 0 Å². The first-order valence-electron chi connectivity index (χ1n) is 12.9. The predicted octanol–water partition coefficient (Wildman–Crippen LogP) is -4.77. The summed E-state index contributed by atoms with van der Waals surface area (Å²) in [6, 6.07) is 0. The standard InChI is InChI=1S/C13H48O11Si12/c1-11-12(14)15-13(34(16-25-2,17-26-3)18-27-4,35(19-28-5,20-29-6)21-30-7)36(22-31-8,23-32-9)24-33-10/h11H,1,25-33H2,2-10H3. The summed E-state index contributed by atoms with van der Waals surface area (Å²) in [6.45, 7) is 21.8. The van der Waals surface area contributed by atoms with Crippen LogP contribution in [0.1, 0.15) is 0 Å². The van der Waals surface area contributed by atoms with E-state index < -0.39 is 125 Å². The topological polar surface area (TPSA) is 109 Å². The number of ether oxygens (including phenoxy) is 1. The van der Waals surface area contributed by atoms with Crippen molar-refractivity contribution in [3.63, 3.8) is 0 Å². The third-order valence-corrected chi connectivity index (χ3v) is 37.2. The highest BCUT2D eigenvalue weighted by Crippen LogP contribution is 2.46. The molecule has 0 radical (unpaired) electrons. The zero-order valence-electron chi connectivity index (χ0n) is 23.6. The van der Waals surface area contributed by atoms with Crippen molar-refractivity contribution in [2.75, 3.05) is 0 Å². The molecule has 0 aromatic heterocycles. The smallest absolute Gasteiger partial charge is 0.442 e. The summed E-state index contributed by atoms with van der Waals surface area (Å²) >= 11 is 0. The van der Waals surface area contributed by atoms with Crippen molar-refractivity contribution in [2.24, 2.45) is 0 Å². The predicted molar refractivity (Wildman–Crippen MR) is 176 cm³/mol. The highest BCUT2D eigenvalue weighted by molar-refractivity contribution is 7.08. The van der Waals surface area contributed by atoms with Gasteiger partial charge in [-0.05, 0) is 0 Å². The van der Waals surface area contributed by atoms with Crippen molar-refractivity contribution in [3.8, 4) is 0 Å². The normalized spacial score (nSPS) is 21.5. The van der Waals surface area contributed by atoms with E-state index in [9.17, 15) is 4.79 Å². The van der Waals surface area contributed by atoms with E-state index >= 15 is 0 Å². The number of carbonyl (C=O) groups excluding carboxylic acids is 1. The highest BCUT2D eigenvalue weighted by atomic mass is 28.6. The molecular weight excluding hydrogens is 669 g/mol. The quantitative estimate of drug-likeness (QED) is 0.0578. The van der Waals surface area contributed by atoms with Crippen molar-refractivity contribution in [3.05, 3.63) is 12.7 Å². The molecule has 0 saturated carbocycles. The summed E-state index contributed by atoms with van der Waals surface area (Å²) in [6.07, 6.45) is 1.13. The fraction of sp³-hybridized carbons (Fsp3) is 0.769. The summed E-state index contributed by atoms with van der Waals surface area (Å²) in [5.41, 5.74) is 0. The van der Waals surface area contributed by atoms with Gasteiger partial charge in [-0.3, -0.25) is 0 Å². The van der Waals surface area contributed by atoms with Gasteiger partial charge in [-0.2, -0.15) is 0 Å². The van der Waals surface area contributed by atoms with Gasteiger partial charge in [0.15, 0.2) is 0 Å². The first-order valence-corrected chi connectivity index (χ1v) is 36.0. The van der Waals surface area contributed by atoms with Crippen molar-refractivity contribution in [2.45, 2.75) is 63.4 Å². The SMILES string of the molecule is C=CC(=O)OC([Si](O[SiH2]C)(O[SiH2]C)O[SiH2]C)([Si](O[SiH2]C)(O[SiH2]C)O[SiH2]C)[Si](O[SiH2]C)(O[SiH2]C)O[SiH2]C. The van der Waals surface area contributed by atoms with Crippen molar-refractivity contribution >= 4 is 120 Å². The second kappa shape index (κ2) is 19.5. The maximum Gasteiger partial charge on any atom is 0.524 e. The molecule has 0 bridgehead atoms. The fourth-order valence-electron chi connectivity index (χ4n) is 3.94. The summed E-state index contributed by atoms with van der Waals surface area (Å²) in [7, 11) is -22.0. The lowest BCUT2D eigenvalue weighted by Crippen LogP contribution is -2.93. The Morgan fingerprint density at radius 2 is 0.722 bits per heavy atom. The minimum Gasteiger partial charge on any atom is -0.442 e. The van der Waals surface area contributed by atoms with Crippen molar-refractivity contribution in [1.82, 2.24) is 0 Å². The molecule has 0 saturated heterocycles. The zero-order valence-corrected chi connectivity index (χ0v) is 39.4. The summed E-state index contributed by atoms with van der Waals surface area (Å²) in [5, 5.41) is 0. The molecule has 11 nitrogen and oxygen atoms in total. The molecule has 36 heavy (non-hydrogen) atoms. The molecule has 0 aromatic rings. The van der Waals surface area contributed by atoms with Gasteiger partial charge in [-0.1, -0.05) is 65.5 Å². The van der Waals surface area contributed by atoms with Crippen LogP contribution in [0.4, 0.5) is 0 Å². The second-order valence-electron chi connectivity index (χ2n) is 6.87. The van der Waals surface area contributed by atoms with Crippen LogP contribution in [-0.2, 0) is 46.6 Å². The monoisotopic (exact) mass is 716 g/mol. The van der Waals surface area contributed by atoms with Crippen LogP contribution >= 0.6 is 0 Å². The molecular formula is C13H48O11Si12. The Labute approximate surface area is 241 Å². The Balaban J connectivity index is 8.37. The number of rotatable bonds is 23. The van der Waals surface area contributed by atoms with E-state index in [1.807, 2.05) is 58.9 Å². The van der Waals surface area contributed by atoms with Gasteiger partial charge in [0.05, 0.1) is 0 Å². The van der Waals surface area contributed by atoms with Gasteiger partial charge in [-0.25, -0.2) is 4.79 Å². The molecule has 0 rings (SSSR count). The number of hydrogen-bond acceptors (Lipinski definition) is 11. The van der Waals surface area contributed by atoms with Crippen LogP contribution in [-0.4, -0.2) is 125 Å². The Hall–Kier alpha value is 1.45. The van der Waals surface area contributed by atoms with Gasteiger partial charge in [0, 0.05) is 6.08 Å². The zero-order chi connectivity index (χ0) is 27.7. The van der Waals surface area contributed by atoms with Gasteiger partial charge in [0.2, 0.25) is 0 Å².